The van der Waals surface area contributed by atoms with E-state index in [9.17, 15) is 8.94 Å². The summed E-state index contributed by atoms with van der Waals surface area (Å²) in [5, 5.41) is 0. The van der Waals surface area contributed by atoms with E-state index in [1.54, 1.807) is 6.20 Å². The van der Waals surface area contributed by atoms with Gasteiger partial charge in [0.25, 0.3) is 0 Å². The van der Waals surface area contributed by atoms with Gasteiger partial charge in [0.2, 0.25) is 0 Å². The van der Waals surface area contributed by atoms with Crippen molar-refractivity contribution in [3.63, 3.8) is 0 Å². The minimum Gasteiger partial charge on any atom is -0.597 e. The van der Waals surface area contributed by atoms with E-state index in [2.05, 4.69) is 4.98 Å². The summed E-state index contributed by atoms with van der Waals surface area (Å²) in [6.07, 6.45) is 4.77. The van der Waals surface area contributed by atoms with Crippen LogP contribution in [0.5, 0.6) is 0 Å². The van der Waals surface area contributed by atoms with Crippen molar-refractivity contribution in [3.05, 3.63) is 29.8 Å². The van der Waals surface area contributed by atoms with Crippen molar-refractivity contribution in [2.45, 2.75) is 44.4 Å². The molecule has 0 spiro atoms. The average Bonchev–Trinajstić information content (AvgIpc) is 2.75. The smallest absolute Gasteiger partial charge is 0.141 e. The highest BCUT2D eigenvalue weighted by atomic mass is 32.2. The Bertz CT molecular complexity index is 422. The summed E-state index contributed by atoms with van der Waals surface area (Å²) >= 11 is -1.07. The third-order valence-corrected chi connectivity index (χ3v) is 4.96. The standard InChI is InChI=1S/C13H19FN2OS/c1-13(2,3)18(17)16-6-4-5-12(16)10-7-11(14)9-15-8-10/h7-9,12H,4-6H2,1-3H3/t12-,18+/m0/s1. The molecule has 0 radical (unpaired) electrons. The Morgan fingerprint density at radius 1 is 1.44 bits per heavy atom. The number of pyridine rings is 1. The Hall–Kier alpha value is -0.650. The summed E-state index contributed by atoms with van der Waals surface area (Å²) in [6.45, 7) is 6.68. The van der Waals surface area contributed by atoms with Crippen molar-refractivity contribution in [2.24, 2.45) is 0 Å². The Morgan fingerprint density at radius 2 is 2.17 bits per heavy atom. The molecule has 1 aliphatic heterocycles. The molecule has 1 aliphatic rings. The summed E-state index contributed by atoms with van der Waals surface area (Å²) in [7, 11) is 0. The number of nitrogens with zero attached hydrogens (tertiary/aromatic N) is 2. The van der Waals surface area contributed by atoms with Gasteiger partial charge in [-0.2, -0.15) is 0 Å². The molecule has 1 aromatic heterocycles. The fourth-order valence-electron chi connectivity index (χ4n) is 2.23. The molecule has 0 unspecified atom stereocenters. The fraction of sp³-hybridized carbons (Fsp3) is 0.615. The zero-order valence-corrected chi connectivity index (χ0v) is 11.8. The maximum atomic E-state index is 13.2. The van der Waals surface area contributed by atoms with Crippen LogP contribution >= 0.6 is 0 Å². The predicted octanol–water partition coefficient (Wildman–Crippen LogP) is 2.82. The molecule has 1 fully saturated rings. The van der Waals surface area contributed by atoms with Crippen molar-refractivity contribution < 1.29 is 8.94 Å². The third kappa shape index (κ3) is 2.84. The van der Waals surface area contributed by atoms with E-state index in [-0.39, 0.29) is 16.6 Å². The van der Waals surface area contributed by atoms with E-state index in [1.807, 2.05) is 25.1 Å². The van der Waals surface area contributed by atoms with Crippen LogP contribution in [-0.2, 0) is 11.4 Å². The maximum absolute atomic E-state index is 13.2. The number of aromatic nitrogens is 1. The van der Waals surface area contributed by atoms with E-state index in [0.717, 1.165) is 24.9 Å². The molecule has 1 saturated heterocycles. The van der Waals surface area contributed by atoms with Crippen molar-refractivity contribution in [2.75, 3.05) is 6.54 Å². The highest BCUT2D eigenvalue weighted by Gasteiger charge is 2.41. The summed E-state index contributed by atoms with van der Waals surface area (Å²) in [5.41, 5.74) is 0.824. The molecule has 0 aliphatic carbocycles. The Labute approximate surface area is 111 Å². The Kier molecular flexibility index (Phi) is 3.94. The van der Waals surface area contributed by atoms with Crippen LogP contribution in [0.4, 0.5) is 4.39 Å². The van der Waals surface area contributed by atoms with E-state index < -0.39 is 11.4 Å². The zero-order chi connectivity index (χ0) is 13.3. The van der Waals surface area contributed by atoms with Crippen molar-refractivity contribution in [1.29, 1.82) is 0 Å². The van der Waals surface area contributed by atoms with E-state index in [1.165, 1.54) is 12.3 Å². The van der Waals surface area contributed by atoms with Gasteiger partial charge >= 0.3 is 0 Å². The van der Waals surface area contributed by atoms with Gasteiger partial charge in [-0.05, 0) is 45.2 Å². The molecule has 2 atom stereocenters. The molecule has 1 aromatic rings. The molecule has 5 heteroatoms. The van der Waals surface area contributed by atoms with Gasteiger partial charge in [0, 0.05) is 24.1 Å². The van der Waals surface area contributed by atoms with Gasteiger partial charge < -0.3 is 4.55 Å². The van der Waals surface area contributed by atoms with Crippen LogP contribution in [-0.4, -0.2) is 25.1 Å². The van der Waals surface area contributed by atoms with Gasteiger partial charge in [0.1, 0.15) is 10.6 Å². The third-order valence-electron chi connectivity index (χ3n) is 3.05. The molecular formula is C13H19FN2OS. The van der Waals surface area contributed by atoms with Crippen LogP contribution in [0.1, 0.15) is 45.2 Å². The molecular weight excluding hydrogens is 251 g/mol. The number of rotatable bonds is 2. The number of halogens is 1. The molecule has 18 heavy (non-hydrogen) atoms. The normalized spacial score (nSPS) is 23.3. The first-order valence-electron chi connectivity index (χ1n) is 6.18. The predicted molar refractivity (Wildman–Crippen MR) is 70.8 cm³/mol. The first kappa shape index (κ1) is 13.8. The first-order valence-corrected chi connectivity index (χ1v) is 7.29. The topological polar surface area (TPSA) is 39.2 Å². The van der Waals surface area contributed by atoms with Gasteiger partial charge in [-0.3, -0.25) is 4.98 Å². The minimum atomic E-state index is -1.07. The van der Waals surface area contributed by atoms with Crippen LogP contribution in [0, 0.1) is 5.82 Å². The lowest BCUT2D eigenvalue weighted by molar-refractivity contribution is 0.379. The molecule has 100 valence electrons. The molecule has 2 heterocycles. The first-order chi connectivity index (χ1) is 8.39. The second-order valence-electron chi connectivity index (χ2n) is 5.60. The number of hydrogen-bond acceptors (Lipinski definition) is 3. The highest BCUT2D eigenvalue weighted by Crippen LogP contribution is 2.37. The maximum Gasteiger partial charge on any atom is 0.141 e. The molecule has 3 nitrogen and oxygen atoms in total. The van der Waals surface area contributed by atoms with Crippen LogP contribution in [0.3, 0.4) is 0 Å². The molecule has 0 bridgehead atoms. The van der Waals surface area contributed by atoms with Crippen molar-refractivity contribution >= 4 is 11.4 Å². The average molecular weight is 270 g/mol. The lowest BCUT2D eigenvalue weighted by Crippen LogP contribution is -2.42. The molecule has 2 rings (SSSR count). The summed E-state index contributed by atoms with van der Waals surface area (Å²) < 4.78 is 27.4. The Morgan fingerprint density at radius 3 is 2.78 bits per heavy atom. The second-order valence-corrected chi connectivity index (χ2v) is 7.79. The van der Waals surface area contributed by atoms with Gasteiger partial charge in [-0.25, -0.2) is 4.39 Å². The SMILES string of the molecule is CC(C)(C)[S@@+]([O-])N1CCC[C@H]1c1cncc(F)c1. The monoisotopic (exact) mass is 270 g/mol. The molecule has 0 saturated carbocycles. The van der Waals surface area contributed by atoms with Gasteiger partial charge in [-0.1, -0.05) is 0 Å². The Balaban J connectivity index is 2.23. The van der Waals surface area contributed by atoms with Crippen LogP contribution in [0.25, 0.3) is 0 Å². The van der Waals surface area contributed by atoms with Crippen LogP contribution in [0.2, 0.25) is 0 Å². The molecule has 0 N–H and O–H groups in total. The number of hydrogen-bond donors (Lipinski definition) is 0. The summed E-state index contributed by atoms with van der Waals surface area (Å²) in [4.78, 5) is 3.88. The zero-order valence-electron chi connectivity index (χ0n) is 11.0. The minimum absolute atomic E-state index is 0.0215. The quantitative estimate of drug-likeness (QED) is 0.776. The summed E-state index contributed by atoms with van der Waals surface area (Å²) in [5.74, 6) is -0.333. The summed E-state index contributed by atoms with van der Waals surface area (Å²) in [6, 6.07) is 1.52. The van der Waals surface area contributed by atoms with Gasteiger partial charge in [0.15, 0.2) is 0 Å². The molecule has 0 aromatic carbocycles. The lowest BCUT2D eigenvalue weighted by Gasteiger charge is -2.33. The highest BCUT2D eigenvalue weighted by molar-refractivity contribution is 7.90. The van der Waals surface area contributed by atoms with Gasteiger partial charge in [0.05, 0.1) is 12.2 Å². The second kappa shape index (κ2) is 5.15. The molecule has 0 amide bonds. The fourth-order valence-corrected chi connectivity index (χ4v) is 3.69. The van der Waals surface area contributed by atoms with Crippen molar-refractivity contribution in [3.8, 4) is 0 Å². The van der Waals surface area contributed by atoms with Crippen LogP contribution in [0.15, 0.2) is 18.5 Å². The largest absolute Gasteiger partial charge is 0.597 e. The lowest BCUT2D eigenvalue weighted by atomic mass is 10.1. The van der Waals surface area contributed by atoms with Gasteiger partial charge in [-0.15, -0.1) is 4.31 Å². The van der Waals surface area contributed by atoms with Crippen molar-refractivity contribution in [1.82, 2.24) is 9.29 Å². The van der Waals surface area contributed by atoms with E-state index in [0.29, 0.717) is 0 Å². The van der Waals surface area contributed by atoms with E-state index >= 15 is 0 Å². The van der Waals surface area contributed by atoms with E-state index in [4.69, 9.17) is 0 Å². The van der Waals surface area contributed by atoms with Crippen LogP contribution < -0.4 is 0 Å².